The quantitative estimate of drug-likeness (QED) is 0.660. The van der Waals surface area contributed by atoms with E-state index in [0.29, 0.717) is 24.8 Å². The fourth-order valence-corrected chi connectivity index (χ4v) is 3.69. The van der Waals surface area contributed by atoms with Crippen LogP contribution in [0.25, 0.3) is 0 Å². The highest BCUT2D eigenvalue weighted by Gasteiger charge is 2.17. The van der Waals surface area contributed by atoms with Gasteiger partial charge in [-0.15, -0.1) is 0 Å². The number of nitrogens with two attached hydrogens (primary N) is 1. The van der Waals surface area contributed by atoms with E-state index in [4.69, 9.17) is 5.73 Å². The SMILES string of the molecule is CC1CCCCN1Cc1ccc(CNC(=O)CCSCC(N)=O)cc1. The zero-order valence-electron chi connectivity index (χ0n) is 15.0. The third kappa shape index (κ3) is 7.48. The highest BCUT2D eigenvalue weighted by Crippen LogP contribution is 2.19. The molecule has 0 aliphatic carbocycles. The predicted octanol–water partition coefficient (Wildman–Crippen LogP) is 2.29. The molecule has 6 heteroatoms. The molecular weight excluding hydrogens is 334 g/mol. The molecule has 1 aromatic rings. The molecular formula is C19H29N3O2S. The number of thioether (sulfide) groups is 1. The predicted molar refractivity (Wildman–Crippen MR) is 103 cm³/mol. The van der Waals surface area contributed by atoms with E-state index in [2.05, 4.69) is 41.4 Å². The number of nitrogens with one attached hydrogen (secondary N) is 1. The van der Waals surface area contributed by atoms with Gasteiger partial charge in [0.15, 0.2) is 0 Å². The van der Waals surface area contributed by atoms with E-state index in [0.717, 1.165) is 12.1 Å². The maximum absolute atomic E-state index is 11.8. The van der Waals surface area contributed by atoms with E-state index < -0.39 is 0 Å². The van der Waals surface area contributed by atoms with E-state index in [1.54, 1.807) is 0 Å². The highest BCUT2D eigenvalue weighted by atomic mass is 32.2. The number of carbonyl (C=O) groups is 2. The fraction of sp³-hybridized carbons (Fsp3) is 0.579. The molecule has 1 aromatic carbocycles. The van der Waals surface area contributed by atoms with Gasteiger partial charge in [-0.1, -0.05) is 30.7 Å². The minimum atomic E-state index is -0.343. The fourth-order valence-electron chi connectivity index (χ4n) is 3.02. The first kappa shape index (κ1) is 19.8. The van der Waals surface area contributed by atoms with Crippen molar-refractivity contribution in [1.82, 2.24) is 10.2 Å². The molecule has 1 fully saturated rings. The number of piperidine rings is 1. The van der Waals surface area contributed by atoms with Crippen LogP contribution in [0.15, 0.2) is 24.3 Å². The van der Waals surface area contributed by atoms with Gasteiger partial charge >= 0.3 is 0 Å². The summed E-state index contributed by atoms with van der Waals surface area (Å²) >= 11 is 1.39. The van der Waals surface area contributed by atoms with Crippen molar-refractivity contribution in [3.8, 4) is 0 Å². The lowest BCUT2D eigenvalue weighted by Gasteiger charge is -2.33. The summed E-state index contributed by atoms with van der Waals surface area (Å²) in [5.74, 6) is 0.541. The standard InChI is InChI=1S/C19H29N3O2S/c1-15-4-2-3-10-22(15)13-17-7-5-16(6-8-17)12-21-19(24)9-11-25-14-18(20)23/h5-8,15H,2-4,9-14H2,1H3,(H2,20,23)(H,21,24). The van der Waals surface area contributed by atoms with Gasteiger partial charge in [-0.25, -0.2) is 0 Å². The molecule has 0 saturated carbocycles. The number of primary amides is 1. The van der Waals surface area contributed by atoms with E-state index in [9.17, 15) is 9.59 Å². The smallest absolute Gasteiger partial charge is 0.227 e. The number of amides is 2. The number of benzene rings is 1. The summed E-state index contributed by atoms with van der Waals surface area (Å²) in [5, 5.41) is 2.92. The average molecular weight is 364 g/mol. The van der Waals surface area contributed by atoms with Crippen LogP contribution >= 0.6 is 11.8 Å². The average Bonchev–Trinajstić information content (AvgIpc) is 2.60. The van der Waals surface area contributed by atoms with Crippen molar-refractivity contribution in [3.05, 3.63) is 35.4 Å². The van der Waals surface area contributed by atoms with Crippen LogP contribution in [0.2, 0.25) is 0 Å². The molecule has 138 valence electrons. The topological polar surface area (TPSA) is 75.4 Å². The summed E-state index contributed by atoms with van der Waals surface area (Å²) in [6.45, 7) is 5.04. The van der Waals surface area contributed by atoms with Crippen LogP contribution in [0, 0.1) is 0 Å². The minimum Gasteiger partial charge on any atom is -0.369 e. The maximum atomic E-state index is 11.8. The molecule has 2 rings (SSSR count). The lowest BCUT2D eigenvalue weighted by molar-refractivity contribution is -0.121. The van der Waals surface area contributed by atoms with Gasteiger partial charge in [0.25, 0.3) is 0 Å². The van der Waals surface area contributed by atoms with Crippen LogP contribution in [0.3, 0.4) is 0 Å². The summed E-state index contributed by atoms with van der Waals surface area (Å²) in [6.07, 6.45) is 4.34. The number of rotatable bonds is 9. The molecule has 1 aliphatic heterocycles. The van der Waals surface area contributed by atoms with Crippen molar-refractivity contribution in [3.63, 3.8) is 0 Å². The van der Waals surface area contributed by atoms with Gasteiger partial charge in [0.2, 0.25) is 11.8 Å². The Morgan fingerprint density at radius 2 is 1.96 bits per heavy atom. The van der Waals surface area contributed by atoms with Crippen LogP contribution in [0.5, 0.6) is 0 Å². The minimum absolute atomic E-state index is 0.00295. The Bertz CT molecular complexity index is 562. The van der Waals surface area contributed by atoms with E-state index >= 15 is 0 Å². The van der Waals surface area contributed by atoms with Crippen LogP contribution in [-0.2, 0) is 22.7 Å². The van der Waals surface area contributed by atoms with Crippen molar-refractivity contribution >= 4 is 23.6 Å². The summed E-state index contributed by atoms with van der Waals surface area (Å²) in [5.41, 5.74) is 7.49. The number of nitrogens with zero attached hydrogens (tertiary/aromatic N) is 1. The third-order valence-electron chi connectivity index (χ3n) is 4.56. The van der Waals surface area contributed by atoms with E-state index in [1.165, 1.54) is 43.1 Å². The molecule has 0 bridgehead atoms. The van der Waals surface area contributed by atoms with Crippen LogP contribution < -0.4 is 11.1 Å². The van der Waals surface area contributed by atoms with Crippen LogP contribution in [-0.4, -0.2) is 40.8 Å². The van der Waals surface area contributed by atoms with Crippen molar-refractivity contribution in [1.29, 1.82) is 0 Å². The zero-order chi connectivity index (χ0) is 18.1. The van der Waals surface area contributed by atoms with E-state index in [-0.39, 0.29) is 17.6 Å². The number of likely N-dealkylation sites (tertiary alicyclic amines) is 1. The van der Waals surface area contributed by atoms with Gasteiger partial charge in [-0.05, 0) is 37.4 Å². The Labute approximate surface area is 154 Å². The highest BCUT2D eigenvalue weighted by molar-refractivity contribution is 7.99. The summed E-state index contributed by atoms with van der Waals surface area (Å²) in [7, 11) is 0. The molecule has 3 N–H and O–H groups in total. The Hall–Kier alpha value is -1.53. The van der Waals surface area contributed by atoms with Gasteiger partial charge < -0.3 is 11.1 Å². The normalized spacial score (nSPS) is 18.0. The first-order valence-electron chi connectivity index (χ1n) is 8.99. The van der Waals surface area contributed by atoms with Gasteiger partial charge in [0.1, 0.15) is 0 Å². The molecule has 0 aromatic heterocycles. The number of hydrogen-bond acceptors (Lipinski definition) is 4. The van der Waals surface area contributed by atoms with Gasteiger partial charge in [0, 0.05) is 31.3 Å². The van der Waals surface area contributed by atoms with E-state index in [1.807, 2.05) is 0 Å². The van der Waals surface area contributed by atoms with Gasteiger partial charge in [-0.2, -0.15) is 11.8 Å². The summed E-state index contributed by atoms with van der Waals surface area (Å²) in [6, 6.07) is 9.16. The molecule has 5 nitrogen and oxygen atoms in total. The van der Waals surface area contributed by atoms with Crippen LogP contribution in [0.4, 0.5) is 0 Å². The lowest BCUT2D eigenvalue weighted by Crippen LogP contribution is -2.36. The molecule has 1 atom stereocenters. The largest absolute Gasteiger partial charge is 0.369 e. The molecule has 1 aliphatic rings. The first-order chi connectivity index (χ1) is 12.0. The van der Waals surface area contributed by atoms with Gasteiger partial charge in [0.05, 0.1) is 5.75 Å². The second kappa shape index (κ2) is 10.5. The monoisotopic (exact) mass is 363 g/mol. The molecule has 0 radical (unpaired) electrons. The second-order valence-electron chi connectivity index (χ2n) is 6.68. The van der Waals surface area contributed by atoms with Gasteiger partial charge in [-0.3, -0.25) is 14.5 Å². The molecule has 1 heterocycles. The maximum Gasteiger partial charge on any atom is 0.227 e. The van der Waals surface area contributed by atoms with Crippen LogP contribution in [0.1, 0.15) is 43.7 Å². The Morgan fingerprint density at radius 1 is 1.24 bits per heavy atom. The second-order valence-corrected chi connectivity index (χ2v) is 7.78. The Balaban J connectivity index is 1.69. The summed E-state index contributed by atoms with van der Waals surface area (Å²) < 4.78 is 0. The number of hydrogen-bond donors (Lipinski definition) is 2. The zero-order valence-corrected chi connectivity index (χ0v) is 15.8. The molecule has 25 heavy (non-hydrogen) atoms. The van der Waals surface area contributed by atoms with Crippen molar-refractivity contribution in [2.24, 2.45) is 5.73 Å². The van der Waals surface area contributed by atoms with Crippen molar-refractivity contribution < 1.29 is 9.59 Å². The molecule has 0 spiro atoms. The Kier molecular flexibility index (Phi) is 8.28. The lowest BCUT2D eigenvalue weighted by atomic mass is 10.0. The Morgan fingerprint density at radius 3 is 2.64 bits per heavy atom. The van der Waals surface area contributed by atoms with Crippen molar-refractivity contribution in [2.45, 2.75) is 51.7 Å². The molecule has 2 amide bonds. The first-order valence-corrected chi connectivity index (χ1v) is 10.1. The summed E-state index contributed by atoms with van der Waals surface area (Å²) in [4.78, 5) is 24.9. The molecule has 1 unspecified atom stereocenters. The molecule has 1 saturated heterocycles. The third-order valence-corrected chi connectivity index (χ3v) is 5.54. The number of carbonyl (C=O) groups excluding carboxylic acids is 2. The van der Waals surface area contributed by atoms with Crippen molar-refractivity contribution in [2.75, 3.05) is 18.1 Å².